The fourth-order valence-electron chi connectivity index (χ4n) is 10.1. The lowest BCUT2D eigenvalue weighted by Crippen LogP contribution is -2.46. The Balaban J connectivity index is 1.25. The molecule has 4 atom stereocenters. The summed E-state index contributed by atoms with van der Waals surface area (Å²) in [6, 6.07) is 18.2. The molecule has 0 fully saturated rings. The summed E-state index contributed by atoms with van der Waals surface area (Å²) in [6.45, 7) is 0.782. The van der Waals surface area contributed by atoms with Crippen molar-refractivity contribution in [3.8, 4) is 23.0 Å². The summed E-state index contributed by atoms with van der Waals surface area (Å²) in [4.78, 5) is 139. The van der Waals surface area contributed by atoms with Gasteiger partial charge in [-0.25, -0.2) is 4.79 Å². The van der Waals surface area contributed by atoms with Crippen molar-refractivity contribution < 1.29 is 72.0 Å². The zero-order valence-electron chi connectivity index (χ0n) is 54.6. The van der Waals surface area contributed by atoms with E-state index in [-0.39, 0.29) is 150 Å². The molecule has 0 aliphatic heterocycles. The topological polar surface area (TPSA) is 552 Å². The average molecular weight is 1370 g/mol. The number of carbonyl (C=O) groups is 10. The molecule has 5 aromatic carbocycles. The number of fused-ring (bicyclic) bond motifs is 1. The van der Waals surface area contributed by atoms with Crippen molar-refractivity contribution in [2.75, 3.05) is 68.8 Å². The maximum absolute atomic E-state index is 14.6. The molecule has 34 nitrogen and oxygen atoms in total. The predicted octanol–water partition coefficient (Wildman–Crippen LogP) is 1.83. The molecule has 99 heavy (non-hydrogen) atoms. The molecule has 6 aromatic rings. The molecule has 0 radical (unpaired) electrons. The number of amides is 9. The fourth-order valence-corrected chi connectivity index (χ4v) is 10.1. The number of aromatic nitrogens is 1. The van der Waals surface area contributed by atoms with Gasteiger partial charge >= 0.3 is 5.97 Å². The Hall–Kier alpha value is -12.7. The number of primary amides is 1. The van der Waals surface area contributed by atoms with E-state index in [1.54, 1.807) is 6.20 Å². The van der Waals surface area contributed by atoms with E-state index in [1.807, 2.05) is 24.3 Å². The van der Waals surface area contributed by atoms with Crippen LogP contribution >= 0.6 is 0 Å². The molecule has 0 aliphatic carbocycles. The third-order valence-corrected chi connectivity index (χ3v) is 14.8. The Morgan fingerprint density at radius 2 is 0.838 bits per heavy atom. The number of aliphatic carboxylic acids is 1. The van der Waals surface area contributed by atoms with E-state index < -0.39 is 89.9 Å². The van der Waals surface area contributed by atoms with Crippen molar-refractivity contribution in [3.63, 3.8) is 0 Å². The van der Waals surface area contributed by atoms with Crippen LogP contribution in [0.3, 0.4) is 0 Å². The SMILES string of the molecule is COc1ccc(NC(=O)[C@@H](CCCCNC(=N)N)NC(=O)c2cc(NC(=O)[C@@H](CCCNC(=N)N)NC(=O)c3cc(NC(=O)[C@@H](CCCNC(=N)N)NC(=O)c4cc(NC(C)=O)ccc4OC)ccc3OC)ccc2OCC(=O)O)cc1C(=O)N[C@H](Cc1c[nH]c2ccccc12)C(N)=O. The number of H-pyrrole nitrogens is 1. The van der Waals surface area contributed by atoms with Crippen LogP contribution in [0.5, 0.6) is 23.0 Å². The predicted molar refractivity (Wildman–Crippen MR) is 367 cm³/mol. The van der Waals surface area contributed by atoms with Gasteiger partial charge in [-0.15, -0.1) is 0 Å². The van der Waals surface area contributed by atoms with Crippen molar-refractivity contribution in [2.45, 2.75) is 82.5 Å². The molecule has 0 unspecified atom stereocenters. The molecule has 1 heterocycles. The third kappa shape index (κ3) is 23.1. The molecule has 9 amide bonds. The molecule has 0 aliphatic rings. The standard InChI is InChI=1S/C65H81N19O15/c1-34(85)77-36-16-20-50(96-2)41(28-36)56(89)82-47(14-9-25-74-64(69)70)61(94)79-37-17-21-51(97-3)42(29-37)57(90)83-48(15-10-26-75-65(71)72)62(95)80-39-19-23-53(99-33-54(86)87)44(31-39)59(92)81-46(13-7-8-24-73-63(67)68)60(93)78-38-18-22-52(98-4)43(30-38)58(91)84-49(55(66)88)27-35-32-76-45-12-6-5-11-40(35)45/h5-6,11-12,16-23,28-32,46-49,76H,7-10,13-15,24-27,33H2,1-4H3,(H2,66,88)(H,77,85)(H,78,93)(H,79,94)(H,80,95)(H,81,92)(H,82,89)(H,83,90)(H,84,91)(H,86,87)(H4,67,68,73)(H4,69,70,74)(H4,71,72,75)/t46-,47-,48-,49-/m1/s1. The normalized spacial score (nSPS) is 11.9. The number of aromatic amines is 1. The summed E-state index contributed by atoms with van der Waals surface area (Å²) < 4.78 is 21.9. The summed E-state index contributed by atoms with van der Waals surface area (Å²) >= 11 is 0. The first kappa shape index (κ1) is 75.4. The smallest absolute Gasteiger partial charge is 0.341 e. The second kappa shape index (κ2) is 36.9. The van der Waals surface area contributed by atoms with Crippen LogP contribution in [-0.4, -0.2) is 159 Å². The van der Waals surface area contributed by atoms with Gasteiger partial charge in [0.1, 0.15) is 47.2 Å². The molecule has 34 heteroatoms. The number of carboxylic acid groups (broad SMARTS) is 1. The molecule has 0 bridgehead atoms. The van der Waals surface area contributed by atoms with Crippen LogP contribution in [0.2, 0.25) is 0 Å². The van der Waals surface area contributed by atoms with Crippen LogP contribution in [-0.2, 0) is 35.2 Å². The average Bonchev–Trinajstić information content (AvgIpc) is 1.81. The lowest BCUT2D eigenvalue weighted by molar-refractivity contribution is -0.139. The Morgan fingerprint density at radius 3 is 1.22 bits per heavy atom. The number of guanidine groups is 3. The number of carboxylic acids is 1. The quantitative estimate of drug-likeness (QED) is 0.0150. The van der Waals surface area contributed by atoms with Gasteiger partial charge in [0.15, 0.2) is 24.5 Å². The number of ether oxygens (including phenoxy) is 4. The number of para-hydroxylation sites is 1. The number of rotatable bonds is 37. The highest BCUT2D eigenvalue weighted by Gasteiger charge is 2.30. The zero-order chi connectivity index (χ0) is 72.3. The molecule has 24 N–H and O–H groups in total. The van der Waals surface area contributed by atoms with E-state index in [4.69, 9.17) is 58.1 Å². The molecule has 6 rings (SSSR count). The lowest BCUT2D eigenvalue weighted by Gasteiger charge is -2.22. The minimum atomic E-state index is -1.42. The van der Waals surface area contributed by atoms with Crippen LogP contribution in [0.25, 0.3) is 10.9 Å². The molecule has 1 aromatic heterocycles. The molecule has 526 valence electrons. The summed E-state index contributed by atoms with van der Waals surface area (Å²) in [7, 11) is 3.92. The van der Waals surface area contributed by atoms with E-state index in [0.717, 1.165) is 17.0 Å². The molecule has 0 spiro atoms. The number of hydrogen-bond acceptors (Lipinski definition) is 17. The van der Waals surface area contributed by atoms with Crippen molar-refractivity contribution in [2.24, 2.45) is 22.9 Å². The van der Waals surface area contributed by atoms with E-state index >= 15 is 0 Å². The lowest BCUT2D eigenvalue weighted by atomic mass is 10.0. The maximum Gasteiger partial charge on any atom is 0.341 e. The van der Waals surface area contributed by atoms with Gasteiger partial charge in [-0.2, -0.15) is 0 Å². The second-order valence-corrected chi connectivity index (χ2v) is 22.2. The first-order chi connectivity index (χ1) is 47.3. The highest BCUT2D eigenvalue weighted by molar-refractivity contribution is 6.08. The Labute approximate surface area is 567 Å². The van der Waals surface area contributed by atoms with E-state index in [9.17, 15) is 53.1 Å². The number of carbonyl (C=O) groups excluding carboxylic acids is 9. The number of nitrogens with one attached hydrogen (secondary N) is 15. The van der Waals surface area contributed by atoms with Crippen LogP contribution in [0.15, 0.2) is 103 Å². The van der Waals surface area contributed by atoms with Gasteiger partial charge in [0, 0.05) is 72.8 Å². The van der Waals surface area contributed by atoms with Crippen molar-refractivity contribution in [1.82, 2.24) is 42.2 Å². The van der Waals surface area contributed by atoms with E-state index in [0.29, 0.717) is 12.0 Å². The summed E-state index contributed by atoms with van der Waals surface area (Å²) in [5.41, 5.74) is 23.4. The first-order valence-electron chi connectivity index (χ1n) is 30.8. The van der Waals surface area contributed by atoms with Gasteiger partial charge in [-0.3, -0.25) is 59.4 Å². The Bertz CT molecular complexity index is 3990. The Morgan fingerprint density at radius 1 is 0.475 bits per heavy atom. The number of methoxy groups -OCH3 is 3. The maximum atomic E-state index is 14.6. The zero-order valence-corrected chi connectivity index (χ0v) is 54.6. The number of unbranched alkanes of at least 4 members (excludes halogenated alkanes) is 1. The van der Waals surface area contributed by atoms with Crippen molar-refractivity contribution in [3.05, 3.63) is 131 Å². The summed E-state index contributed by atoms with van der Waals surface area (Å²) in [6.07, 6.45) is 2.52. The van der Waals surface area contributed by atoms with Gasteiger partial charge < -0.3 is 110 Å². The van der Waals surface area contributed by atoms with Crippen LogP contribution in [0, 0.1) is 16.2 Å². The number of hydrogen-bond donors (Lipinski definition) is 20. The van der Waals surface area contributed by atoms with Crippen molar-refractivity contribution >= 4 is 111 Å². The minimum Gasteiger partial charge on any atom is -0.496 e. The number of nitrogens with two attached hydrogens (primary N) is 4. The van der Waals surface area contributed by atoms with Crippen LogP contribution in [0.4, 0.5) is 22.7 Å². The second-order valence-electron chi connectivity index (χ2n) is 22.2. The van der Waals surface area contributed by atoms with E-state index in [1.165, 1.54) is 95.0 Å². The van der Waals surface area contributed by atoms with Crippen molar-refractivity contribution in [1.29, 1.82) is 16.2 Å². The van der Waals surface area contributed by atoms with Gasteiger partial charge in [0.05, 0.1) is 43.6 Å². The first-order valence-corrected chi connectivity index (χ1v) is 30.8. The van der Waals surface area contributed by atoms with Crippen LogP contribution in [0.1, 0.15) is 98.9 Å². The van der Waals surface area contributed by atoms with Gasteiger partial charge in [-0.1, -0.05) is 18.2 Å². The van der Waals surface area contributed by atoms with Crippen LogP contribution < -0.4 is 100 Å². The number of benzene rings is 5. The summed E-state index contributed by atoms with van der Waals surface area (Å²) in [5.74, 6) is -9.60. The highest BCUT2D eigenvalue weighted by Crippen LogP contribution is 2.29. The molecular formula is C65H81N19O15. The molecule has 0 saturated carbocycles. The van der Waals surface area contributed by atoms with E-state index in [2.05, 4.69) is 63.5 Å². The third-order valence-electron chi connectivity index (χ3n) is 14.8. The minimum absolute atomic E-state index is 0.00290. The Kier molecular flexibility index (Phi) is 28.1. The largest absolute Gasteiger partial charge is 0.496 e. The molecule has 0 saturated heterocycles. The molecular weight excluding hydrogens is 1290 g/mol. The van der Waals surface area contributed by atoms with Gasteiger partial charge in [-0.05, 0) is 129 Å². The highest BCUT2D eigenvalue weighted by atomic mass is 16.5. The summed E-state index contributed by atoms with van der Waals surface area (Å²) in [5, 5.41) is 62.5. The van der Waals surface area contributed by atoms with Gasteiger partial charge in [0.2, 0.25) is 29.5 Å². The fraction of sp³-hybridized carbons (Fsp3) is 0.308. The van der Waals surface area contributed by atoms with Gasteiger partial charge in [0.25, 0.3) is 23.6 Å². The monoisotopic (exact) mass is 1370 g/mol. The number of anilines is 4.